The third-order valence-corrected chi connectivity index (χ3v) is 10.7. The van der Waals surface area contributed by atoms with Crippen LogP contribution >= 0.6 is 0 Å². The van der Waals surface area contributed by atoms with E-state index in [4.69, 9.17) is 9.47 Å². The predicted molar refractivity (Wildman–Crippen MR) is 208 cm³/mol. The number of ether oxygens (including phenoxy) is 2. The molecule has 51 heavy (non-hydrogen) atoms. The lowest BCUT2D eigenvalue weighted by molar-refractivity contribution is 0.230. The molecular formula is C47H36N2O2. The Morgan fingerprint density at radius 1 is 0.608 bits per heavy atom. The van der Waals surface area contributed by atoms with Crippen molar-refractivity contribution in [2.24, 2.45) is 0 Å². The largest absolute Gasteiger partial charge is 0.485 e. The Morgan fingerprint density at radius 2 is 1.35 bits per heavy atom. The molecule has 10 rings (SSSR count). The second kappa shape index (κ2) is 12.3. The Labute approximate surface area is 298 Å². The number of dihydropyridines is 1. The molecule has 0 spiro atoms. The molecule has 4 atom stereocenters. The minimum atomic E-state index is -0.180. The molecule has 0 bridgehead atoms. The normalized spacial score (nSPS) is 22.0. The lowest BCUT2D eigenvalue weighted by Gasteiger charge is -2.31. The summed E-state index contributed by atoms with van der Waals surface area (Å²) in [5, 5.41) is 3.27. The van der Waals surface area contributed by atoms with E-state index in [0.29, 0.717) is 0 Å². The van der Waals surface area contributed by atoms with Gasteiger partial charge in [-0.25, -0.2) is 0 Å². The zero-order chi connectivity index (χ0) is 33.7. The quantitative estimate of drug-likeness (QED) is 0.209. The van der Waals surface area contributed by atoms with Crippen LogP contribution in [0, 0.1) is 0 Å². The standard InChI is InChI=1S/C47H36N2O2/c1-2-10-35(11-3-1)49-42-15-7-4-12-36(42)37-21-18-32(28-43(37)49)34-20-23-41-40-22-19-33(31-24-26-48-27-25-31)29-46(40)50-44-16-8-5-13-38(44)39-14-6-9-17-45(39)51-47(41)30-34/h1-26,28-30,37-38,43-44,48H,27H2. The summed E-state index contributed by atoms with van der Waals surface area (Å²) < 4.78 is 14.0. The summed E-state index contributed by atoms with van der Waals surface area (Å²) in [7, 11) is 0. The second-order valence-electron chi connectivity index (χ2n) is 13.6. The number of nitrogens with one attached hydrogen (secondary N) is 1. The highest BCUT2D eigenvalue weighted by atomic mass is 16.5. The summed E-state index contributed by atoms with van der Waals surface area (Å²) in [5.74, 6) is 2.76. The first-order valence-electron chi connectivity index (χ1n) is 17.8. The molecule has 0 saturated heterocycles. The SMILES string of the molecule is C1=CC2Oc3cc(C4=CCNC=C4)ccc3-c3ccc(C4=CC5C(C=C4)c4ccccc4N5c4ccccc4)cc3Oc3ccccc3C2C=C1. The van der Waals surface area contributed by atoms with Gasteiger partial charge in [-0.15, -0.1) is 0 Å². The summed E-state index contributed by atoms with van der Waals surface area (Å²) in [6, 6.07) is 41.3. The maximum atomic E-state index is 7.02. The van der Waals surface area contributed by atoms with E-state index in [-0.39, 0.29) is 24.0 Å². The number of nitrogens with zero attached hydrogens (tertiary/aromatic N) is 1. The number of hydrogen-bond donors (Lipinski definition) is 1. The Hall–Kier alpha value is -6.26. The summed E-state index contributed by atoms with van der Waals surface area (Å²) in [5.41, 5.74) is 11.5. The molecule has 5 aromatic carbocycles. The molecule has 0 amide bonds. The van der Waals surface area contributed by atoms with Gasteiger partial charge >= 0.3 is 0 Å². The Morgan fingerprint density at radius 3 is 2.22 bits per heavy atom. The van der Waals surface area contributed by atoms with E-state index < -0.39 is 0 Å². The van der Waals surface area contributed by atoms with E-state index in [0.717, 1.165) is 51.6 Å². The van der Waals surface area contributed by atoms with Crippen LogP contribution in [0.4, 0.5) is 11.4 Å². The maximum absolute atomic E-state index is 7.02. The smallest absolute Gasteiger partial charge is 0.136 e. The lowest BCUT2D eigenvalue weighted by atomic mass is 9.86. The van der Waals surface area contributed by atoms with Crippen LogP contribution in [-0.2, 0) is 0 Å². The molecule has 1 N–H and O–H groups in total. The first-order valence-corrected chi connectivity index (χ1v) is 17.8. The predicted octanol–water partition coefficient (Wildman–Crippen LogP) is 10.9. The Kier molecular flexibility index (Phi) is 7.12. The van der Waals surface area contributed by atoms with Gasteiger partial charge in [0.25, 0.3) is 0 Å². The minimum Gasteiger partial charge on any atom is -0.485 e. The van der Waals surface area contributed by atoms with Gasteiger partial charge in [0.1, 0.15) is 23.4 Å². The summed E-state index contributed by atoms with van der Waals surface area (Å²) in [4.78, 5) is 2.48. The summed E-state index contributed by atoms with van der Waals surface area (Å²) in [6.45, 7) is 0.805. The van der Waals surface area contributed by atoms with Gasteiger partial charge in [-0.3, -0.25) is 0 Å². The number of rotatable bonds is 3. The molecule has 3 aliphatic heterocycles. The van der Waals surface area contributed by atoms with Crippen molar-refractivity contribution < 1.29 is 9.47 Å². The molecule has 4 unspecified atom stereocenters. The first-order chi connectivity index (χ1) is 25.3. The first kappa shape index (κ1) is 29.6. The average molecular weight is 661 g/mol. The highest BCUT2D eigenvalue weighted by Crippen LogP contribution is 2.50. The van der Waals surface area contributed by atoms with E-state index >= 15 is 0 Å². The number of hydrogen-bond acceptors (Lipinski definition) is 4. The van der Waals surface area contributed by atoms with Crippen LogP contribution in [0.3, 0.4) is 0 Å². The monoisotopic (exact) mass is 660 g/mol. The van der Waals surface area contributed by atoms with Gasteiger partial charge in [-0.05, 0) is 94.7 Å². The van der Waals surface area contributed by atoms with Gasteiger partial charge in [0, 0.05) is 46.4 Å². The second-order valence-corrected chi connectivity index (χ2v) is 13.6. The van der Waals surface area contributed by atoms with E-state index in [1.165, 1.54) is 28.1 Å². The molecule has 4 heteroatoms. The number of allylic oxidation sites excluding steroid dienone is 6. The number of anilines is 2. The Balaban J connectivity index is 1.11. The molecule has 5 aliphatic rings. The van der Waals surface area contributed by atoms with Gasteiger partial charge in [-0.1, -0.05) is 109 Å². The van der Waals surface area contributed by atoms with Crippen LogP contribution < -0.4 is 19.7 Å². The topological polar surface area (TPSA) is 33.7 Å². The van der Waals surface area contributed by atoms with Crippen molar-refractivity contribution in [1.82, 2.24) is 5.32 Å². The lowest BCUT2D eigenvalue weighted by Crippen LogP contribution is -2.29. The zero-order valence-corrected chi connectivity index (χ0v) is 28.0. The van der Waals surface area contributed by atoms with Crippen molar-refractivity contribution in [1.29, 1.82) is 0 Å². The fourth-order valence-corrected chi connectivity index (χ4v) is 8.22. The van der Waals surface area contributed by atoms with Crippen molar-refractivity contribution in [3.63, 3.8) is 0 Å². The summed E-state index contributed by atoms with van der Waals surface area (Å²) >= 11 is 0. The van der Waals surface area contributed by atoms with Crippen LogP contribution in [-0.4, -0.2) is 18.7 Å². The molecule has 5 aromatic rings. The minimum absolute atomic E-state index is 0.000631. The Bertz CT molecular complexity index is 2360. The van der Waals surface area contributed by atoms with Crippen LogP contribution in [0.15, 0.2) is 176 Å². The van der Waals surface area contributed by atoms with Crippen molar-refractivity contribution >= 4 is 22.5 Å². The number of fused-ring (bicyclic) bond motifs is 9. The fourth-order valence-electron chi connectivity index (χ4n) is 8.22. The fraction of sp³-hybridized carbons (Fsp3) is 0.106. The van der Waals surface area contributed by atoms with Gasteiger partial charge in [0.15, 0.2) is 0 Å². The number of benzene rings is 5. The molecule has 3 heterocycles. The highest BCUT2D eigenvalue weighted by Gasteiger charge is 2.38. The van der Waals surface area contributed by atoms with Crippen molar-refractivity contribution in [3.8, 4) is 28.4 Å². The zero-order valence-electron chi connectivity index (χ0n) is 28.0. The highest BCUT2D eigenvalue weighted by molar-refractivity contribution is 5.87. The van der Waals surface area contributed by atoms with Gasteiger partial charge in [0.2, 0.25) is 0 Å². The summed E-state index contributed by atoms with van der Waals surface area (Å²) in [6.07, 6.45) is 21.8. The molecule has 0 fully saturated rings. The van der Waals surface area contributed by atoms with E-state index in [2.05, 4.69) is 180 Å². The van der Waals surface area contributed by atoms with Gasteiger partial charge in [-0.2, -0.15) is 0 Å². The van der Waals surface area contributed by atoms with E-state index in [1.807, 2.05) is 6.20 Å². The maximum Gasteiger partial charge on any atom is 0.136 e. The molecule has 0 aromatic heterocycles. The molecule has 0 radical (unpaired) electrons. The van der Waals surface area contributed by atoms with Crippen molar-refractivity contribution in [3.05, 3.63) is 198 Å². The van der Waals surface area contributed by atoms with Crippen molar-refractivity contribution in [2.75, 3.05) is 11.4 Å². The third kappa shape index (κ3) is 5.14. The number of para-hydroxylation sites is 3. The van der Waals surface area contributed by atoms with Crippen LogP contribution in [0.5, 0.6) is 17.2 Å². The van der Waals surface area contributed by atoms with Crippen LogP contribution in [0.2, 0.25) is 0 Å². The van der Waals surface area contributed by atoms with E-state index in [9.17, 15) is 0 Å². The average Bonchev–Trinajstić information content (AvgIpc) is 3.53. The van der Waals surface area contributed by atoms with Crippen LogP contribution in [0.1, 0.15) is 34.1 Å². The molecular weight excluding hydrogens is 625 g/mol. The molecule has 246 valence electrons. The third-order valence-electron chi connectivity index (χ3n) is 10.7. The molecule has 0 saturated carbocycles. The van der Waals surface area contributed by atoms with Crippen molar-refractivity contribution in [2.45, 2.75) is 24.0 Å². The molecule has 4 nitrogen and oxygen atoms in total. The van der Waals surface area contributed by atoms with Gasteiger partial charge in [0.05, 0.1) is 6.04 Å². The molecule has 2 aliphatic carbocycles. The van der Waals surface area contributed by atoms with Crippen LogP contribution in [0.25, 0.3) is 22.3 Å². The van der Waals surface area contributed by atoms with E-state index in [1.54, 1.807) is 0 Å². The van der Waals surface area contributed by atoms with Gasteiger partial charge < -0.3 is 19.7 Å².